The third kappa shape index (κ3) is 6.00. The number of hydrogen-bond donors (Lipinski definition) is 2. The molecule has 1 aliphatic rings. The van der Waals surface area contributed by atoms with Gasteiger partial charge in [0.1, 0.15) is 0 Å². The van der Waals surface area contributed by atoms with Crippen LogP contribution in [-0.4, -0.2) is 64.8 Å². The summed E-state index contributed by atoms with van der Waals surface area (Å²) in [5.74, 6) is -4.37. The van der Waals surface area contributed by atoms with Crippen molar-refractivity contribution < 1.29 is 48.3 Å². The minimum atomic E-state index is -2.02. The van der Waals surface area contributed by atoms with Gasteiger partial charge in [-0.2, -0.15) is 0 Å². The highest BCUT2D eigenvalue weighted by Gasteiger charge is 2.54. The SMILES string of the molecule is O=C(O[C@@H]1[C@H](OC(=O)c2ccccc2)[C@H](O)O[C@@H](C(=O)O)[C@H]1OC(=O)c1ccccc1)c1ccccc1. The molecule has 1 saturated heterocycles. The normalized spacial score (nSPS) is 22.9. The molecule has 0 unspecified atom stereocenters. The van der Waals surface area contributed by atoms with Crippen LogP contribution in [0.2, 0.25) is 0 Å². The highest BCUT2D eigenvalue weighted by atomic mass is 16.7. The maximum absolute atomic E-state index is 12.9. The minimum absolute atomic E-state index is 0.0868. The van der Waals surface area contributed by atoms with Crippen LogP contribution in [0.5, 0.6) is 0 Å². The Hall–Kier alpha value is -4.54. The molecule has 0 aliphatic carbocycles. The Bertz CT molecular complexity index is 1250. The summed E-state index contributed by atoms with van der Waals surface area (Å²) in [5, 5.41) is 20.4. The van der Waals surface area contributed by atoms with Gasteiger partial charge in [0.2, 0.25) is 0 Å². The van der Waals surface area contributed by atoms with Gasteiger partial charge in [0.25, 0.3) is 0 Å². The molecule has 0 amide bonds. The maximum atomic E-state index is 12.9. The molecule has 1 fully saturated rings. The number of aliphatic hydroxyl groups is 1. The molecule has 190 valence electrons. The van der Waals surface area contributed by atoms with Crippen molar-refractivity contribution in [3.8, 4) is 0 Å². The zero-order chi connectivity index (χ0) is 26.4. The van der Waals surface area contributed by atoms with Gasteiger partial charge in [-0.15, -0.1) is 0 Å². The molecule has 1 heterocycles. The summed E-state index contributed by atoms with van der Waals surface area (Å²) < 4.78 is 21.6. The van der Waals surface area contributed by atoms with E-state index < -0.39 is 54.6 Å². The van der Waals surface area contributed by atoms with Crippen molar-refractivity contribution in [2.75, 3.05) is 0 Å². The zero-order valence-electron chi connectivity index (χ0n) is 19.2. The molecule has 4 rings (SSSR count). The number of esters is 3. The molecule has 37 heavy (non-hydrogen) atoms. The van der Waals surface area contributed by atoms with Crippen LogP contribution in [0.15, 0.2) is 91.0 Å². The molecule has 3 aromatic rings. The second kappa shape index (κ2) is 11.5. The fraction of sp³-hybridized carbons (Fsp3) is 0.185. The number of benzene rings is 3. The van der Waals surface area contributed by atoms with Crippen molar-refractivity contribution in [1.82, 2.24) is 0 Å². The van der Waals surface area contributed by atoms with E-state index in [1.165, 1.54) is 36.4 Å². The van der Waals surface area contributed by atoms with Crippen LogP contribution in [-0.2, 0) is 23.7 Å². The van der Waals surface area contributed by atoms with Gasteiger partial charge in [0, 0.05) is 0 Å². The summed E-state index contributed by atoms with van der Waals surface area (Å²) in [7, 11) is 0. The van der Waals surface area contributed by atoms with E-state index in [9.17, 15) is 29.4 Å². The lowest BCUT2D eigenvalue weighted by Crippen LogP contribution is -2.63. The third-order valence-corrected chi connectivity index (χ3v) is 5.51. The van der Waals surface area contributed by atoms with Crippen LogP contribution < -0.4 is 0 Å². The van der Waals surface area contributed by atoms with Crippen LogP contribution in [0, 0.1) is 0 Å². The Morgan fingerprint density at radius 1 is 0.568 bits per heavy atom. The van der Waals surface area contributed by atoms with Crippen molar-refractivity contribution in [1.29, 1.82) is 0 Å². The monoisotopic (exact) mass is 506 g/mol. The number of rotatable bonds is 7. The topological polar surface area (TPSA) is 146 Å². The number of ether oxygens (including phenoxy) is 4. The van der Waals surface area contributed by atoms with E-state index in [1.54, 1.807) is 54.6 Å². The van der Waals surface area contributed by atoms with Gasteiger partial charge in [0.15, 0.2) is 30.7 Å². The first-order chi connectivity index (χ1) is 17.8. The minimum Gasteiger partial charge on any atom is -0.479 e. The summed E-state index contributed by atoms with van der Waals surface area (Å²) >= 11 is 0. The van der Waals surface area contributed by atoms with Crippen LogP contribution in [0.1, 0.15) is 31.1 Å². The van der Waals surface area contributed by atoms with E-state index in [1.807, 2.05) is 0 Å². The summed E-state index contributed by atoms with van der Waals surface area (Å²) in [5.41, 5.74) is 0.293. The van der Waals surface area contributed by atoms with E-state index in [0.29, 0.717) is 0 Å². The van der Waals surface area contributed by atoms with Crippen molar-refractivity contribution in [3.63, 3.8) is 0 Å². The second-order valence-electron chi connectivity index (χ2n) is 7.99. The first kappa shape index (κ1) is 25.5. The van der Waals surface area contributed by atoms with E-state index >= 15 is 0 Å². The van der Waals surface area contributed by atoms with Gasteiger partial charge in [-0.1, -0.05) is 54.6 Å². The number of carboxylic acids is 1. The van der Waals surface area contributed by atoms with E-state index in [0.717, 1.165) is 0 Å². The molecule has 3 aromatic carbocycles. The standard InChI is InChI=1S/C27H22O10/c28-23(29)21-19(34-24(30)16-10-4-1-5-11-16)20(35-25(31)17-12-6-2-7-13-17)22(27(33)36-21)37-26(32)18-14-8-3-9-15-18/h1-15,19-22,27,33H,(H,28,29)/t19-,20-,21+,22-,27+/m0/s1. The van der Waals surface area contributed by atoms with Gasteiger partial charge < -0.3 is 29.2 Å². The first-order valence-corrected chi connectivity index (χ1v) is 11.2. The lowest BCUT2D eigenvalue weighted by molar-refractivity contribution is -0.277. The van der Waals surface area contributed by atoms with E-state index in [2.05, 4.69) is 0 Å². The molecule has 10 heteroatoms. The number of carbonyl (C=O) groups is 4. The lowest BCUT2D eigenvalue weighted by atomic mass is 9.97. The molecule has 2 N–H and O–H groups in total. The predicted octanol–water partition coefficient (Wildman–Crippen LogP) is 2.46. The molecule has 0 saturated carbocycles. The smallest absolute Gasteiger partial charge is 0.338 e. The Kier molecular flexibility index (Phi) is 7.92. The van der Waals surface area contributed by atoms with Gasteiger partial charge >= 0.3 is 23.9 Å². The number of aliphatic hydroxyl groups excluding tert-OH is 1. The molecular weight excluding hydrogens is 484 g/mol. The number of carboxylic acid groups (broad SMARTS) is 1. The third-order valence-electron chi connectivity index (χ3n) is 5.51. The molecular formula is C27H22O10. The Morgan fingerprint density at radius 3 is 1.30 bits per heavy atom. The summed E-state index contributed by atoms with van der Waals surface area (Å²) in [6, 6.07) is 23.2. The number of carbonyl (C=O) groups excluding carboxylic acids is 3. The average Bonchev–Trinajstić information content (AvgIpc) is 2.93. The quantitative estimate of drug-likeness (QED) is 0.362. The van der Waals surface area contributed by atoms with E-state index in [-0.39, 0.29) is 16.7 Å². The van der Waals surface area contributed by atoms with Crippen LogP contribution in [0.4, 0.5) is 0 Å². The zero-order valence-corrected chi connectivity index (χ0v) is 19.2. The highest BCUT2D eigenvalue weighted by molar-refractivity contribution is 5.91. The summed E-state index contributed by atoms with van der Waals surface area (Å²) in [6.07, 6.45) is -9.21. The van der Waals surface area contributed by atoms with Crippen LogP contribution in [0.25, 0.3) is 0 Å². The Morgan fingerprint density at radius 2 is 0.919 bits per heavy atom. The molecule has 0 aromatic heterocycles. The van der Waals surface area contributed by atoms with Crippen molar-refractivity contribution in [2.45, 2.75) is 30.7 Å². The fourth-order valence-electron chi connectivity index (χ4n) is 3.71. The largest absolute Gasteiger partial charge is 0.479 e. The summed E-state index contributed by atoms with van der Waals surface area (Å²) in [6.45, 7) is 0. The average molecular weight is 506 g/mol. The van der Waals surface area contributed by atoms with Gasteiger partial charge in [-0.25, -0.2) is 19.2 Å². The molecule has 0 spiro atoms. The van der Waals surface area contributed by atoms with Crippen molar-refractivity contribution in [3.05, 3.63) is 108 Å². The van der Waals surface area contributed by atoms with Gasteiger partial charge in [-0.05, 0) is 36.4 Å². The first-order valence-electron chi connectivity index (χ1n) is 11.2. The Balaban J connectivity index is 1.69. The second-order valence-corrected chi connectivity index (χ2v) is 7.99. The van der Waals surface area contributed by atoms with Crippen LogP contribution in [0.3, 0.4) is 0 Å². The molecule has 10 nitrogen and oxygen atoms in total. The molecule has 1 aliphatic heterocycles. The molecule has 0 radical (unpaired) electrons. The lowest BCUT2D eigenvalue weighted by Gasteiger charge is -2.41. The number of aliphatic carboxylic acids is 1. The molecule has 0 bridgehead atoms. The number of hydrogen-bond acceptors (Lipinski definition) is 9. The van der Waals surface area contributed by atoms with Gasteiger partial charge in [0.05, 0.1) is 16.7 Å². The fourth-order valence-corrected chi connectivity index (χ4v) is 3.71. The van der Waals surface area contributed by atoms with E-state index in [4.69, 9.17) is 18.9 Å². The van der Waals surface area contributed by atoms with Gasteiger partial charge in [-0.3, -0.25) is 0 Å². The van der Waals surface area contributed by atoms with Crippen molar-refractivity contribution in [2.24, 2.45) is 0 Å². The maximum Gasteiger partial charge on any atom is 0.338 e. The molecule has 5 atom stereocenters. The predicted molar refractivity (Wildman–Crippen MR) is 125 cm³/mol. The Labute approximate surface area is 211 Å². The van der Waals surface area contributed by atoms with Crippen LogP contribution >= 0.6 is 0 Å². The van der Waals surface area contributed by atoms with Crippen molar-refractivity contribution >= 4 is 23.9 Å². The highest BCUT2D eigenvalue weighted by Crippen LogP contribution is 2.30. The summed E-state index contributed by atoms with van der Waals surface area (Å²) in [4.78, 5) is 50.5.